The van der Waals surface area contributed by atoms with Crippen molar-refractivity contribution in [3.8, 4) is 6.07 Å². The van der Waals surface area contributed by atoms with Crippen molar-refractivity contribution in [1.82, 2.24) is 0 Å². The lowest BCUT2D eigenvalue weighted by atomic mass is 10.1. The zero-order chi connectivity index (χ0) is 14.1. The average molecular weight is 260 g/mol. The number of aryl methyl sites for hydroxylation is 1. The maximum Gasteiger partial charge on any atom is 0.303 e. The van der Waals surface area contributed by atoms with E-state index in [0.717, 1.165) is 43.5 Å². The van der Waals surface area contributed by atoms with Crippen LogP contribution in [0.5, 0.6) is 0 Å². The highest BCUT2D eigenvalue weighted by Crippen LogP contribution is 2.16. The lowest BCUT2D eigenvalue weighted by molar-refractivity contribution is -0.137. The van der Waals surface area contributed by atoms with Crippen LogP contribution in [-0.2, 0) is 4.79 Å². The summed E-state index contributed by atoms with van der Waals surface area (Å²) in [5.74, 6) is -0.725. The SMILES string of the molecule is Cc1ccc(C#N)c(NCCCCCCC(=O)O)c1. The predicted molar refractivity (Wildman–Crippen MR) is 75.1 cm³/mol. The van der Waals surface area contributed by atoms with E-state index in [0.29, 0.717) is 5.56 Å². The van der Waals surface area contributed by atoms with Gasteiger partial charge in [0.15, 0.2) is 0 Å². The standard InChI is InChI=1S/C15H20N2O2/c1-12-7-8-13(11-16)14(10-12)17-9-5-3-2-4-6-15(18)19/h7-8,10,17H,2-6,9H2,1H3,(H,18,19). The first-order chi connectivity index (χ1) is 9.13. The van der Waals surface area contributed by atoms with E-state index >= 15 is 0 Å². The molecule has 1 aromatic carbocycles. The Labute approximate surface area is 114 Å². The summed E-state index contributed by atoms with van der Waals surface area (Å²) in [6.07, 6.45) is 3.92. The zero-order valence-electron chi connectivity index (χ0n) is 11.3. The molecule has 4 heteroatoms. The number of benzene rings is 1. The zero-order valence-corrected chi connectivity index (χ0v) is 11.3. The third kappa shape index (κ3) is 5.91. The molecule has 0 saturated carbocycles. The molecule has 0 aliphatic rings. The van der Waals surface area contributed by atoms with Gasteiger partial charge in [0.2, 0.25) is 0 Å². The molecule has 4 nitrogen and oxygen atoms in total. The van der Waals surface area contributed by atoms with E-state index in [2.05, 4.69) is 11.4 Å². The minimum atomic E-state index is -0.725. The van der Waals surface area contributed by atoms with Crippen LogP contribution >= 0.6 is 0 Å². The lowest BCUT2D eigenvalue weighted by Gasteiger charge is -2.08. The monoisotopic (exact) mass is 260 g/mol. The summed E-state index contributed by atoms with van der Waals surface area (Å²) >= 11 is 0. The second kappa shape index (κ2) is 8.15. The van der Waals surface area contributed by atoms with Gasteiger partial charge >= 0.3 is 5.97 Å². The Bertz CT molecular complexity index is 464. The first-order valence-corrected chi connectivity index (χ1v) is 6.60. The van der Waals surface area contributed by atoms with Crippen LogP contribution < -0.4 is 5.32 Å². The van der Waals surface area contributed by atoms with Crippen molar-refractivity contribution in [1.29, 1.82) is 5.26 Å². The molecular formula is C15H20N2O2. The number of unbranched alkanes of at least 4 members (excludes halogenated alkanes) is 3. The maximum atomic E-state index is 10.3. The number of rotatable bonds is 8. The molecule has 0 unspecified atom stereocenters. The molecule has 0 aromatic heterocycles. The van der Waals surface area contributed by atoms with Crippen LogP contribution in [0.4, 0.5) is 5.69 Å². The quantitative estimate of drug-likeness (QED) is 0.703. The third-order valence-corrected chi connectivity index (χ3v) is 2.93. The molecule has 0 radical (unpaired) electrons. The van der Waals surface area contributed by atoms with Gasteiger partial charge in [0.1, 0.15) is 6.07 Å². The molecule has 0 aliphatic heterocycles. The number of hydrogen-bond acceptors (Lipinski definition) is 3. The fourth-order valence-corrected chi connectivity index (χ4v) is 1.88. The lowest BCUT2D eigenvalue weighted by Crippen LogP contribution is -2.03. The van der Waals surface area contributed by atoms with Gasteiger partial charge in [-0.05, 0) is 37.5 Å². The normalized spacial score (nSPS) is 9.89. The second-order valence-corrected chi connectivity index (χ2v) is 4.65. The van der Waals surface area contributed by atoms with Gasteiger partial charge in [0.25, 0.3) is 0 Å². The van der Waals surface area contributed by atoms with Gasteiger partial charge < -0.3 is 10.4 Å². The summed E-state index contributed by atoms with van der Waals surface area (Å²) in [4.78, 5) is 10.3. The Hall–Kier alpha value is -2.02. The van der Waals surface area contributed by atoms with Crippen LogP contribution in [-0.4, -0.2) is 17.6 Å². The molecule has 1 rings (SSSR count). The minimum absolute atomic E-state index is 0.254. The number of nitrogens with zero attached hydrogens (tertiary/aromatic N) is 1. The van der Waals surface area contributed by atoms with E-state index in [9.17, 15) is 4.79 Å². The smallest absolute Gasteiger partial charge is 0.303 e. The van der Waals surface area contributed by atoms with Crippen molar-refractivity contribution in [3.05, 3.63) is 29.3 Å². The van der Waals surface area contributed by atoms with Crippen LogP contribution in [0.1, 0.15) is 43.2 Å². The van der Waals surface area contributed by atoms with E-state index in [4.69, 9.17) is 10.4 Å². The fourth-order valence-electron chi connectivity index (χ4n) is 1.88. The number of nitrogens with one attached hydrogen (secondary N) is 1. The van der Waals surface area contributed by atoms with Gasteiger partial charge in [-0.3, -0.25) is 4.79 Å². The second-order valence-electron chi connectivity index (χ2n) is 4.65. The van der Waals surface area contributed by atoms with Gasteiger partial charge in [0, 0.05) is 13.0 Å². The molecule has 102 valence electrons. The molecule has 0 aliphatic carbocycles. The first kappa shape index (κ1) is 15.0. The topological polar surface area (TPSA) is 73.1 Å². The molecule has 0 bridgehead atoms. The molecule has 1 aromatic rings. The van der Waals surface area contributed by atoms with Crippen molar-refractivity contribution in [2.45, 2.75) is 39.0 Å². The van der Waals surface area contributed by atoms with Crippen LogP contribution in [0.2, 0.25) is 0 Å². The van der Waals surface area contributed by atoms with Gasteiger partial charge in [-0.25, -0.2) is 0 Å². The van der Waals surface area contributed by atoms with E-state index in [1.165, 1.54) is 0 Å². The molecule has 0 spiro atoms. The Morgan fingerprint density at radius 2 is 2.05 bits per heavy atom. The van der Waals surface area contributed by atoms with E-state index < -0.39 is 5.97 Å². The van der Waals surface area contributed by atoms with E-state index in [1.54, 1.807) is 0 Å². The summed E-state index contributed by atoms with van der Waals surface area (Å²) in [6.45, 7) is 2.81. The van der Waals surface area contributed by atoms with Gasteiger partial charge in [-0.1, -0.05) is 18.9 Å². The summed E-state index contributed by atoms with van der Waals surface area (Å²) in [5, 5.41) is 20.8. The Morgan fingerprint density at radius 1 is 1.32 bits per heavy atom. The molecular weight excluding hydrogens is 240 g/mol. The molecule has 0 saturated heterocycles. The molecule has 0 fully saturated rings. The molecule has 2 N–H and O–H groups in total. The number of anilines is 1. The molecule has 19 heavy (non-hydrogen) atoms. The summed E-state index contributed by atoms with van der Waals surface area (Å²) < 4.78 is 0. The maximum absolute atomic E-state index is 10.3. The third-order valence-electron chi connectivity index (χ3n) is 2.93. The Balaban J connectivity index is 2.24. The Morgan fingerprint density at radius 3 is 2.74 bits per heavy atom. The largest absolute Gasteiger partial charge is 0.481 e. The fraction of sp³-hybridized carbons (Fsp3) is 0.467. The number of hydrogen-bond donors (Lipinski definition) is 2. The van der Waals surface area contributed by atoms with Crippen molar-refractivity contribution in [2.24, 2.45) is 0 Å². The number of aliphatic carboxylic acids is 1. The molecule has 0 heterocycles. The van der Waals surface area contributed by atoms with Crippen LogP contribution in [0.3, 0.4) is 0 Å². The Kier molecular flexibility index (Phi) is 6.45. The molecule has 0 amide bonds. The highest BCUT2D eigenvalue weighted by Gasteiger charge is 2.01. The predicted octanol–water partition coefficient (Wildman–Crippen LogP) is 3.31. The minimum Gasteiger partial charge on any atom is -0.481 e. The van der Waals surface area contributed by atoms with Crippen LogP contribution in [0, 0.1) is 18.3 Å². The van der Waals surface area contributed by atoms with Crippen LogP contribution in [0.25, 0.3) is 0 Å². The highest BCUT2D eigenvalue weighted by atomic mass is 16.4. The van der Waals surface area contributed by atoms with Crippen LogP contribution in [0.15, 0.2) is 18.2 Å². The van der Waals surface area contributed by atoms with E-state index in [1.807, 2.05) is 25.1 Å². The highest BCUT2D eigenvalue weighted by molar-refractivity contribution is 5.66. The van der Waals surface area contributed by atoms with E-state index in [-0.39, 0.29) is 6.42 Å². The summed E-state index contributed by atoms with van der Waals surface area (Å²) in [6, 6.07) is 7.89. The van der Waals surface area contributed by atoms with Gasteiger partial charge in [0.05, 0.1) is 11.3 Å². The number of nitriles is 1. The summed E-state index contributed by atoms with van der Waals surface area (Å²) in [5.41, 5.74) is 2.67. The van der Waals surface area contributed by atoms with Gasteiger partial charge in [-0.2, -0.15) is 5.26 Å². The first-order valence-electron chi connectivity index (χ1n) is 6.60. The number of carboxylic acid groups (broad SMARTS) is 1. The van der Waals surface area contributed by atoms with Crippen molar-refractivity contribution in [2.75, 3.05) is 11.9 Å². The van der Waals surface area contributed by atoms with Crippen molar-refractivity contribution < 1.29 is 9.90 Å². The number of carbonyl (C=O) groups is 1. The van der Waals surface area contributed by atoms with Crippen molar-refractivity contribution in [3.63, 3.8) is 0 Å². The average Bonchev–Trinajstić information content (AvgIpc) is 2.37. The van der Waals surface area contributed by atoms with Gasteiger partial charge in [-0.15, -0.1) is 0 Å². The van der Waals surface area contributed by atoms with Crippen molar-refractivity contribution >= 4 is 11.7 Å². The summed E-state index contributed by atoms with van der Waals surface area (Å²) in [7, 11) is 0. The number of carboxylic acids is 1. The molecule has 0 atom stereocenters.